The number of nitrogens with one attached hydrogen (secondary N) is 2. The number of amides is 1. The number of carbonyl (C=O) groups excluding carboxylic acids is 1. The molecule has 0 radical (unpaired) electrons. The van der Waals surface area contributed by atoms with E-state index in [1.54, 1.807) is 12.1 Å². The summed E-state index contributed by atoms with van der Waals surface area (Å²) in [6.45, 7) is 1.73. The van der Waals surface area contributed by atoms with Gasteiger partial charge in [-0.15, -0.1) is 0 Å². The van der Waals surface area contributed by atoms with Crippen molar-refractivity contribution in [3.8, 4) is 5.75 Å². The number of phenols is 1. The number of anilines is 1. The second kappa shape index (κ2) is 5.38. The van der Waals surface area contributed by atoms with Crippen molar-refractivity contribution in [2.75, 3.05) is 18.4 Å². The first-order chi connectivity index (χ1) is 8.16. The number of carbonyl (C=O) groups is 1. The van der Waals surface area contributed by atoms with Gasteiger partial charge in [0, 0.05) is 17.0 Å². The van der Waals surface area contributed by atoms with Crippen molar-refractivity contribution in [3.05, 3.63) is 23.2 Å². The van der Waals surface area contributed by atoms with Gasteiger partial charge < -0.3 is 15.7 Å². The summed E-state index contributed by atoms with van der Waals surface area (Å²) < 4.78 is 0. The van der Waals surface area contributed by atoms with E-state index in [4.69, 9.17) is 11.6 Å². The summed E-state index contributed by atoms with van der Waals surface area (Å²) in [6, 6.07) is 4.66. The average Bonchev–Trinajstić information content (AvgIpc) is 2.34. The molecule has 0 aliphatic carbocycles. The second-order valence-corrected chi connectivity index (χ2v) is 4.61. The number of halogens is 1. The van der Waals surface area contributed by atoms with E-state index in [2.05, 4.69) is 10.6 Å². The molecule has 1 fully saturated rings. The summed E-state index contributed by atoms with van der Waals surface area (Å²) in [6.07, 6.45) is 1.67. The lowest BCUT2D eigenvalue weighted by Gasteiger charge is -2.21. The Morgan fingerprint density at radius 2 is 2.12 bits per heavy atom. The third-order valence-corrected chi connectivity index (χ3v) is 3.16. The molecule has 1 aromatic rings. The van der Waals surface area contributed by atoms with Crippen LogP contribution in [0.4, 0.5) is 5.69 Å². The molecule has 17 heavy (non-hydrogen) atoms. The number of piperidine rings is 1. The topological polar surface area (TPSA) is 61.4 Å². The van der Waals surface area contributed by atoms with Crippen molar-refractivity contribution >= 4 is 23.2 Å². The van der Waals surface area contributed by atoms with Crippen LogP contribution in [0.2, 0.25) is 5.02 Å². The lowest BCUT2D eigenvalue weighted by Crippen LogP contribution is -2.34. The molecule has 1 aliphatic rings. The highest BCUT2D eigenvalue weighted by Crippen LogP contribution is 2.27. The molecule has 0 spiro atoms. The Balaban J connectivity index is 2.02. The Bertz CT molecular complexity index is 417. The van der Waals surface area contributed by atoms with Crippen LogP contribution >= 0.6 is 11.6 Å². The van der Waals surface area contributed by atoms with Crippen LogP contribution in [0, 0.1) is 5.92 Å². The average molecular weight is 255 g/mol. The number of hydrogen-bond acceptors (Lipinski definition) is 3. The molecule has 1 aliphatic heterocycles. The molecule has 1 aromatic carbocycles. The van der Waals surface area contributed by atoms with Gasteiger partial charge in [0.25, 0.3) is 0 Å². The highest BCUT2D eigenvalue weighted by Gasteiger charge is 2.21. The van der Waals surface area contributed by atoms with Gasteiger partial charge in [-0.2, -0.15) is 0 Å². The van der Waals surface area contributed by atoms with E-state index in [0.29, 0.717) is 10.7 Å². The maximum Gasteiger partial charge on any atom is 0.227 e. The number of hydrogen-bond donors (Lipinski definition) is 3. The largest absolute Gasteiger partial charge is 0.506 e. The molecule has 1 amide bonds. The summed E-state index contributed by atoms with van der Waals surface area (Å²) in [4.78, 5) is 11.9. The summed E-state index contributed by atoms with van der Waals surface area (Å²) in [5.74, 6) is -0.0183. The van der Waals surface area contributed by atoms with Crippen molar-refractivity contribution in [1.82, 2.24) is 5.32 Å². The van der Waals surface area contributed by atoms with Crippen LogP contribution in [0.1, 0.15) is 12.8 Å². The maximum atomic E-state index is 11.9. The van der Waals surface area contributed by atoms with Crippen LogP contribution in [0.25, 0.3) is 0 Å². The zero-order valence-corrected chi connectivity index (χ0v) is 10.1. The van der Waals surface area contributed by atoms with E-state index in [0.717, 1.165) is 25.9 Å². The fourth-order valence-electron chi connectivity index (χ4n) is 1.93. The van der Waals surface area contributed by atoms with Gasteiger partial charge in [0.05, 0.1) is 5.69 Å². The molecular formula is C12H15ClN2O2. The molecule has 4 nitrogen and oxygen atoms in total. The van der Waals surface area contributed by atoms with Gasteiger partial charge >= 0.3 is 0 Å². The molecule has 0 saturated carbocycles. The monoisotopic (exact) mass is 254 g/mol. The highest BCUT2D eigenvalue weighted by atomic mass is 35.5. The Morgan fingerprint density at radius 1 is 1.41 bits per heavy atom. The summed E-state index contributed by atoms with van der Waals surface area (Å²) in [5, 5.41) is 16.0. The van der Waals surface area contributed by atoms with Gasteiger partial charge in [0.1, 0.15) is 5.75 Å². The number of rotatable bonds is 2. The molecule has 92 valence electrons. The predicted molar refractivity (Wildman–Crippen MR) is 67.3 cm³/mol. The Morgan fingerprint density at radius 3 is 2.76 bits per heavy atom. The third kappa shape index (κ3) is 3.11. The summed E-state index contributed by atoms with van der Waals surface area (Å²) in [7, 11) is 0. The molecule has 3 N–H and O–H groups in total. The van der Waals surface area contributed by atoms with Gasteiger partial charge in [0.2, 0.25) is 5.91 Å². The fraction of sp³-hybridized carbons (Fsp3) is 0.417. The molecule has 1 saturated heterocycles. The minimum Gasteiger partial charge on any atom is -0.506 e. The third-order valence-electron chi connectivity index (χ3n) is 2.93. The smallest absolute Gasteiger partial charge is 0.227 e. The normalized spacial score (nSPS) is 16.8. The predicted octanol–water partition coefficient (Wildman–Crippen LogP) is 1.98. The number of benzene rings is 1. The quantitative estimate of drug-likeness (QED) is 0.708. The lowest BCUT2D eigenvalue weighted by molar-refractivity contribution is -0.120. The second-order valence-electron chi connectivity index (χ2n) is 4.17. The standard InChI is InChI=1S/C12H15ClN2O2/c13-9-1-2-10(11(16)7-9)15-12(17)8-3-5-14-6-4-8/h1-2,7-8,14,16H,3-6H2,(H,15,17). The Labute approximate surface area is 105 Å². The first-order valence-corrected chi connectivity index (χ1v) is 6.04. The molecule has 0 atom stereocenters. The van der Waals surface area contributed by atoms with E-state index >= 15 is 0 Å². The van der Waals surface area contributed by atoms with E-state index in [1.807, 2.05) is 0 Å². The summed E-state index contributed by atoms with van der Waals surface area (Å²) >= 11 is 5.72. The zero-order valence-electron chi connectivity index (χ0n) is 9.37. The van der Waals surface area contributed by atoms with Crippen LogP contribution in [0.5, 0.6) is 5.75 Å². The number of aromatic hydroxyl groups is 1. The summed E-state index contributed by atoms with van der Waals surface area (Å²) in [5.41, 5.74) is 0.415. The minimum absolute atomic E-state index is 0.000200. The van der Waals surface area contributed by atoms with Crippen molar-refractivity contribution in [3.63, 3.8) is 0 Å². The molecule has 2 rings (SSSR count). The first kappa shape index (κ1) is 12.2. The van der Waals surface area contributed by atoms with Gasteiger partial charge in [-0.1, -0.05) is 11.6 Å². The molecule has 1 heterocycles. The SMILES string of the molecule is O=C(Nc1ccc(Cl)cc1O)C1CCNCC1. The van der Waals surface area contributed by atoms with E-state index in [1.165, 1.54) is 6.07 Å². The van der Waals surface area contributed by atoms with Crippen molar-refractivity contribution in [2.45, 2.75) is 12.8 Å². The van der Waals surface area contributed by atoms with Crippen LogP contribution in [-0.4, -0.2) is 24.1 Å². The molecule has 5 heteroatoms. The Hall–Kier alpha value is -1.26. The molecule has 0 unspecified atom stereocenters. The minimum atomic E-state index is -0.0378. The molecular weight excluding hydrogens is 240 g/mol. The first-order valence-electron chi connectivity index (χ1n) is 5.67. The highest BCUT2D eigenvalue weighted by molar-refractivity contribution is 6.30. The zero-order chi connectivity index (χ0) is 12.3. The fourth-order valence-corrected chi connectivity index (χ4v) is 2.10. The Kier molecular flexibility index (Phi) is 3.86. The van der Waals surface area contributed by atoms with Crippen molar-refractivity contribution in [1.29, 1.82) is 0 Å². The van der Waals surface area contributed by atoms with Gasteiger partial charge in [-0.05, 0) is 38.1 Å². The van der Waals surface area contributed by atoms with Gasteiger partial charge in [-0.25, -0.2) is 0 Å². The van der Waals surface area contributed by atoms with Gasteiger partial charge in [0.15, 0.2) is 0 Å². The van der Waals surface area contributed by atoms with Crippen molar-refractivity contribution in [2.24, 2.45) is 5.92 Å². The number of phenolic OH excluding ortho intramolecular Hbond substituents is 1. The van der Waals surface area contributed by atoms with Crippen LogP contribution in [-0.2, 0) is 4.79 Å². The van der Waals surface area contributed by atoms with Crippen LogP contribution in [0.3, 0.4) is 0 Å². The molecule has 0 aromatic heterocycles. The van der Waals surface area contributed by atoms with Crippen LogP contribution in [0.15, 0.2) is 18.2 Å². The lowest BCUT2D eigenvalue weighted by atomic mass is 9.97. The van der Waals surface area contributed by atoms with Gasteiger partial charge in [-0.3, -0.25) is 4.79 Å². The van der Waals surface area contributed by atoms with E-state index < -0.39 is 0 Å². The van der Waals surface area contributed by atoms with Crippen LogP contribution < -0.4 is 10.6 Å². The van der Waals surface area contributed by atoms with Crippen molar-refractivity contribution < 1.29 is 9.90 Å². The van der Waals surface area contributed by atoms with E-state index in [9.17, 15) is 9.90 Å². The maximum absolute atomic E-state index is 11.9. The molecule has 0 bridgehead atoms. The van der Waals surface area contributed by atoms with E-state index in [-0.39, 0.29) is 17.6 Å².